The highest BCUT2D eigenvalue weighted by molar-refractivity contribution is 5.59. The summed E-state index contributed by atoms with van der Waals surface area (Å²) in [7, 11) is 0. The Labute approximate surface area is 97.9 Å². The quantitative estimate of drug-likeness (QED) is 0.437. The molecule has 96 valence electrons. The Morgan fingerprint density at radius 1 is 0.938 bits per heavy atom. The number of carbonyl (C=O) groups excluding carboxylic acids is 1. The fraction of sp³-hybridized carbons (Fsp3) is 0.909. The predicted octanol–water partition coefficient (Wildman–Crippen LogP) is 1.14. The monoisotopic (exact) mass is 232 g/mol. The molecule has 0 aromatic rings. The maximum absolute atomic E-state index is 11.0. The molecule has 0 aromatic carbocycles. The summed E-state index contributed by atoms with van der Waals surface area (Å²) in [6, 6.07) is 0. The molecule has 0 heterocycles. The Morgan fingerprint density at radius 3 is 1.75 bits per heavy atom. The molecule has 0 aliphatic carbocycles. The molecule has 0 fully saturated rings. The van der Waals surface area contributed by atoms with Crippen molar-refractivity contribution in [1.82, 2.24) is 10.6 Å². The van der Waals surface area contributed by atoms with Crippen LogP contribution in [0.1, 0.15) is 26.7 Å². The zero-order valence-electron chi connectivity index (χ0n) is 10.4. The van der Waals surface area contributed by atoms with E-state index in [1.54, 1.807) is 0 Å². The summed E-state index contributed by atoms with van der Waals surface area (Å²) in [6.07, 6.45) is 1.08. The smallest absolute Gasteiger partial charge is 0.434 e. The van der Waals surface area contributed by atoms with Crippen LogP contribution in [-0.4, -0.2) is 45.5 Å². The highest BCUT2D eigenvalue weighted by atomic mass is 16.7. The van der Waals surface area contributed by atoms with Crippen LogP contribution in [0.5, 0.6) is 0 Å². The standard InChI is InChI=1S/C11H24N2O3/c1-3-12-7-5-9-15-11(14)16-10-6-8-13-4-2/h12-13H,3-10H2,1-2H3. The van der Waals surface area contributed by atoms with Crippen LogP contribution in [0.3, 0.4) is 0 Å². The van der Waals surface area contributed by atoms with E-state index in [0.717, 1.165) is 39.0 Å². The molecule has 0 unspecified atom stereocenters. The van der Waals surface area contributed by atoms with Crippen LogP contribution in [0, 0.1) is 0 Å². The molecule has 0 saturated carbocycles. The third-order valence-electron chi connectivity index (χ3n) is 1.94. The lowest BCUT2D eigenvalue weighted by molar-refractivity contribution is 0.0540. The van der Waals surface area contributed by atoms with Crippen molar-refractivity contribution in [3.63, 3.8) is 0 Å². The first-order valence-corrected chi connectivity index (χ1v) is 6.02. The lowest BCUT2D eigenvalue weighted by Gasteiger charge is -2.06. The van der Waals surface area contributed by atoms with Gasteiger partial charge in [0.2, 0.25) is 0 Å². The molecule has 0 bridgehead atoms. The average Bonchev–Trinajstić information content (AvgIpc) is 2.28. The summed E-state index contributed by atoms with van der Waals surface area (Å²) in [5, 5.41) is 6.30. The van der Waals surface area contributed by atoms with E-state index in [0.29, 0.717) is 13.2 Å². The summed E-state index contributed by atoms with van der Waals surface area (Å²) in [5.74, 6) is 0. The molecule has 5 nitrogen and oxygen atoms in total. The van der Waals surface area contributed by atoms with Gasteiger partial charge in [-0.2, -0.15) is 0 Å². The van der Waals surface area contributed by atoms with Crippen molar-refractivity contribution in [2.45, 2.75) is 26.7 Å². The molecular formula is C11H24N2O3. The van der Waals surface area contributed by atoms with Crippen molar-refractivity contribution in [2.75, 3.05) is 39.4 Å². The maximum atomic E-state index is 11.0. The van der Waals surface area contributed by atoms with Crippen LogP contribution in [-0.2, 0) is 9.47 Å². The molecule has 0 atom stereocenters. The summed E-state index contributed by atoms with van der Waals surface area (Å²) in [6.45, 7) is 8.52. The van der Waals surface area contributed by atoms with Crippen LogP contribution in [0.25, 0.3) is 0 Å². The van der Waals surface area contributed by atoms with E-state index in [4.69, 9.17) is 9.47 Å². The van der Waals surface area contributed by atoms with Gasteiger partial charge in [-0.15, -0.1) is 0 Å². The van der Waals surface area contributed by atoms with Gasteiger partial charge in [0.25, 0.3) is 0 Å². The van der Waals surface area contributed by atoms with Crippen LogP contribution >= 0.6 is 0 Å². The topological polar surface area (TPSA) is 59.6 Å². The second kappa shape index (κ2) is 12.3. The molecule has 0 aliphatic heterocycles. The van der Waals surface area contributed by atoms with Gasteiger partial charge >= 0.3 is 6.16 Å². The highest BCUT2D eigenvalue weighted by Crippen LogP contribution is 1.89. The number of carbonyl (C=O) groups is 1. The first-order valence-electron chi connectivity index (χ1n) is 6.02. The van der Waals surface area contributed by atoms with Gasteiger partial charge in [0.05, 0.1) is 13.2 Å². The van der Waals surface area contributed by atoms with E-state index < -0.39 is 6.16 Å². The lowest BCUT2D eigenvalue weighted by Crippen LogP contribution is -2.19. The number of hydrogen-bond acceptors (Lipinski definition) is 5. The van der Waals surface area contributed by atoms with Crippen molar-refractivity contribution in [1.29, 1.82) is 0 Å². The summed E-state index contributed by atoms with van der Waals surface area (Å²) < 4.78 is 9.75. The molecule has 0 rings (SSSR count). The molecule has 0 aliphatic rings. The minimum Gasteiger partial charge on any atom is -0.434 e. The number of hydrogen-bond donors (Lipinski definition) is 2. The molecule has 0 amide bonds. The minimum absolute atomic E-state index is 0.416. The number of ether oxygens (including phenoxy) is 2. The molecule has 5 heteroatoms. The Kier molecular flexibility index (Phi) is 11.6. The molecule has 0 aromatic heterocycles. The summed E-state index contributed by atoms with van der Waals surface area (Å²) in [4.78, 5) is 11.0. The van der Waals surface area contributed by atoms with Crippen molar-refractivity contribution >= 4 is 6.16 Å². The normalized spacial score (nSPS) is 10.1. The zero-order valence-corrected chi connectivity index (χ0v) is 10.4. The van der Waals surface area contributed by atoms with E-state index in [1.807, 2.05) is 13.8 Å². The van der Waals surface area contributed by atoms with Crippen LogP contribution in [0.4, 0.5) is 4.79 Å². The lowest BCUT2D eigenvalue weighted by atomic mass is 10.4. The Hall–Kier alpha value is -0.810. The molecule has 2 N–H and O–H groups in total. The van der Waals surface area contributed by atoms with Crippen molar-refractivity contribution < 1.29 is 14.3 Å². The summed E-state index contributed by atoms with van der Waals surface area (Å²) in [5.41, 5.74) is 0. The van der Waals surface area contributed by atoms with Crippen molar-refractivity contribution in [3.05, 3.63) is 0 Å². The van der Waals surface area contributed by atoms with Gasteiger partial charge < -0.3 is 20.1 Å². The van der Waals surface area contributed by atoms with Crippen molar-refractivity contribution in [3.8, 4) is 0 Å². The van der Waals surface area contributed by atoms with E-state index in [-0.39, 0.29) is 0 Å². The largest absolute Gasteiger partial charge is 0.508 e. The average molecular weight is 232 g/mol. The van der Waals surface area contributed by atoms with Crippen molar-refractivity contribution in [2.24, 2.45) is 0 Å². The van der Waals surface area contributed by atoms with Gasteiger partial charge in [-0.25, -0.2) is 4.79 Å². The van der Waals surface area contributed by atoms with E-state index in [1.165, 1.54) is 0 Å². The second-order valence-corrected chi connectivity index (χ2v) is 3.36. The fourth-order valence-electron chi connectivity index (χ4n) is 1.10. The minimum atomic E-state index is -0.562. The number of nitrogens with one attached hydrogen (secondary N) is 2. The molecule has 0 radical (unpaired) electrons. The maximum Gasteiger partial charge on any atom is 0.508 e. The third kappa shape index (κ3) is 11.3. The van der Waals surface area contributed by atoms with Gasteiger partial charge in [0.15, 0.2) is 0 Å². The van der Waals surface area contributed by atoms with Gasteiger partial charge in [0, 0.05) is 0 Å². The second-order valence-electron chi connectivity index (χ2n) is 3.36. The van der Waals surface area contributed by atoms with Gasteiger partial charge in [-0.05, 0) is 39.0 Å². The first kappa shape index (κ1) is 15.2. The molecule has 0 spiro atoms. The third-order valence-corrected chi connectivity index (χ3v) is 1.94. The Morgan fingerprint density at radius 2 is 1.38 bits per heavy atom. The van der Waals surface area contributed by atoms with Crippen LogP contribution < -0.4 is 10.6 Å². The fourth-order valence-corrected chi connectivity index (χ4v) is 1.10. The van der Waals surface area contributed by atoms with Gasteiger partial charge in [-0.3, -0.25) is 0 Å². The molecule has 16 heavy (non-hydrogen) atoms. The predicted molar refractivity (Wildman–Crippen MR) is 63.6 cm³/mol. The van der Waals surface area contributed by atoms with Crippen LogP contribution in [0.2, 0.25) is 0 Å². The summed E-state index contributed by atoms with van der Waals surface area (Å²) >= 11 is 0. The SMILES string of the molecule is CCNCCCOC(=O)OCCCNCC. The zero-order chi connectivity index (χ0) is 12.1. The van der Waals surface area contributed by atoms with Gasteiger partial charge in [0.1, 0.15) is 0 Å². The van der Waals surface area contributed by atoms with Crippen LogP contribution in [0.15, 0.2) is 0 Å². The molecule has 0 saturated heterocycles. The van der Waals surface area contributed by atoms with E-state index in [2.05, 4.69) is 10.6 Å². The first-order chi connectivity index (χ1) is 7.81. The van der Waals surface area contributed by atoms with E-state index in [9.17, 15) is 4.79 Å². The Bertz CT molecular complexity index is 149. The number of rotatable bonds is 10. The highest BCUT2D eigenvalue weighted by Gasteiger charge is 2.02. The van der Waals surface area contributed by atoms with E-state index >= 15 is 0 Å². The van der Waals surface area contributed by atoms with Gasteiger partial charge in [-0.1, -0.05) is 13.8 Å². The molecular weight excluding hydrogens is 208 g/mol. The Balaban J connectivity index is 3.12.